The Hall–Kier alpha value is -3.42. The maximum atomic E-state index is 15.6. The Labute approximate surface area is 163 Å². The zero-order valence-corrected chi connectivity index (χ0v) is 15.2. The summed E-state index contributed by atoms with van der Waals surface area (Å²) in [5, 5.41) is 8.64. The van der Waals surface area contributed by atoms with E-state index in [1.807, 2.05) is 24.3 Å². The summed E-state index contributed by atoms with van der Waals surface area (Å²) in [7, 11) is 0. The van der Waals surface area contributed by atoms with Crippen molar-refractivity contribution in [1.29, 1.82) is 0 Å². The number of anilines is 1. The zero-order valence-electron chi connectivity index (χ0n) is 15.2. The van der Waals surface area contributed by atoms with Crippen LogP contribution in [0.2, 0.25) is 0 Å². The number of carbonyl (C=O) groups is 1. The molecule has 2 aromatic carbocycles. The Morgan fingerprint density at radius 3 is 2.38 bits per heavy atom. The third-order valence-corrected chi connectivity index (χ3v) is 5.45. The van der Waals surface area contributed by atoms with Crippen molar-refractivity contribution in [2.24, 2.45) is 0 Å². The average molecular weight is 398 g/mol. The molecule has 0 radical (unpaired) electrons. The van der Waals surface area contributed by atoms with Crippen LogP contribution < -0.4 is 15.1 Å². The van der Waals surface area contributed by atoms with Gasteiger partial charge in [-0.3, -0.25) is 4.79 Å². The van der Waals surface area contributed by atoms with Crippen LogP contribution in [0, 0.1) is 11.6 Å². The van der Waals surface area contributed by atoms with E-state index in [-0.39, 0.29) is 22.6 Å². The van der Waals surface area contributed by atoms with E-state index in [2.05, 4.69) is 4.74 Å². The second kappa shape index (κ2) is 6.30. The second-order valence-corrected chi connectivity index (χ2v) is 7.37. The molecule has 2 heterocycles. The number of hydrogen-bond donors (Lipinski definition) is 1. The monoisotopic (exact) mass is 398 g/mol. The number of halogens is 2. The molecule has 0 saturated heterocycles. The first-order valence-electron chi connectivity index (χ1n) is 9.23. The van der Waals surface area contributed by atoms with E-state index in [9.17, 15) is 14.0 Å². The molecule has 3 aromatic rings. The molecule has 0 spiro atoms. The Bertz CT molecular complexity index is 1210. The highest BCUT2D eigenvalue weighted by molar-refractivity contribution is 5.86. The minimum atomic E-state index is -1.66. The first-order valence-corrected chi connectivity index (χ1v) is 9.23. The lowest BCUT2D eigenvalue weighted by molar-refractivity contribution is 0.143. The number of pyridine rings is 1. The minimum absolute atomic E-state index is 0.0254. The summed E-state index contributed by atoms with van der Waals surface area (Å²) in [6.07, 6.45) is 1.06. The van der Waals surface area contributed by atoms with E-state index >= 15 is 4.39 Å². The molecule has 1 aliphatic heterocycles. The van der Waals surface area contributed by atoms with E-state index in [1.54, 1.807) is 4.90 Å². The standard InChI is InChI=1S/C21H16F2N2O4/c22-15-7-14-18(25(13-5-6-13)10-16(20(14)26)29-21(27)28)17(23)19(15)24-8-11-3-1-2-4-12(11)9-24/h1-4,7,10,13H,5-6,8-9H2,(H,27,28). The number of benzene rings is 2. The fourth-order valence-corrected chi connectivity index (χ4v) is 3.99. The quantitative estimate of drug-likeness (QED) is 0.670. The summed E-state index contributed by atoms with van der Waals surface area (Å²) in [6, 6.07) is 8.49. The zero-order chi connectivity index (χ0) is 20.3. The predicted octanol–water partition coefficient (Wildman–Crippen LogP) is 4.19. The van der Waals surface area contributed by atoms with Gasteiger partial charge in [-0.2, -0.15) is 0 Å². The fourth-order valence-electron chi connectivity index (χ4n) is 3.99. The summed E-state index contributed by atoms with van der Waals surface area (Å²) in [5.74, 6) is -2.15. The van der Waals surface area contributed by atoms with Crippen LogP contribution in [0.3, 0.4) is 0 Å². The molecule has 5 rings (SSSR count). The molecule has 1 aliphatic carbocycles. The Kier molecular flexibility index (Phi) is 3.84. The van der Waals surface area contributed by atoms with Crippen molar-refractivity contribution in [2.75, 3.05) is 4.90 Å². The van der Waals surface area contributed by atoms with E-state index in [0.717, 1.165) is 30.0 Å². The minimum Gasteiger partial charge on any atom is -0.449 e. The van der Waals surface area contributed by atoms with Crippen LogP contribution in [0.5, 0.6) is 5.75 Å². The van der Waals surface area contributed by atoms with Crippen LogP contribution in [0.15, 0.2) is 41.3 Å². The molecule has 0 bridgehead atoms. The van der Waals surface area contributed by atoms with Gasteiger partial charge < -0.3 is 19.3 Å². The highest BCUT2D eigenvalue weighted by Gasteiger charge is 2.32. The normalized spacial score (nSPS) is 15.6. The van der Waals surface area contributed by atoms with Gasteiger partial charge in [0.05, 0.1) is 17.1 Å². The lowest BCUT2D eigenvalue weighted by Gasteiger charge is -2.22. The van der Waals surface area contributed by atoms with Gasteiger partial charge in [0.15, 0.2) is 11.6 Å². The molecule has 1 N–H and O–H groups in total. The highest BCUT2D eigenvalue weighted by Crippen LogP contribution is 2.41. The van der Waals surface area contributed by atoms with Crippen molar-refractivity contribution >= 4 is 22.7 Å². The van der Waals surface area contributed by atoms with E-state index in [1.165, 1.54) is 10.8 Å². The van der Waals surface area contributed by atoms with Gasteiger partial charge in [-0.15, -0.1) is 0 Å². The second-order valence-electron chi connectivity index (χ2n) is 7.37. The van der Waals surface area contributed by atoms with Crippen LogP contribution in [-0.4, -0.2) is 15.8 Å². The van der Waals surface area contributed by atoms with Gasteiger partial charge >= 0.3 is 6.16 Å². The van der Waals surface area contributed by atoms with Crippen molar-refractivity contribution in [1.82, 2.24) is 4.57 Å². The molecular formula is C21H16F2N2O4. The van der Waals surface area contributed by atoms with Gasteiger partial charge in [0, 0.05) is 19.1 Å². The molecule has 1 aromatic heterocycles. The van der Waals surface area contributed by atoms with Crippen LogP contribution in [-0.2, 0) is 13.1 Å². The van der Waals surface area contributed by atoms with Crippen molar-refractivity contribution in [2.45, 2.75) is 32.0 Å². The maximum absolute atomic E-state index is 15.6. The van der Waals surface area contributed by atoms with E-state index in [4.69, 9.17) is 5.11 Å². The van der Waals surface area contributed by atoms with Crippen LogP contribution >= 0.6 is 0 Å². The summed E-state index contributed by atoms with van der Waals surface area (Å²) in [5.41, 5.74) is 0.928. The number of ether oxygens (including phenoxy) is 1. The number of carboxylic acid groups (broad SMARTS) is 1. The molecule has 8 heteroatoms. The summed E-state index contributed by atoms with van der Waals surface area (Å²) in [6.45, 7) is 0.729. The number of fused-ring (bicyclic) bond motifs is 2. The molecule has 29 heavy (non-hydrogen) atoms. The lowest BCUT2D eigenvalue weighted by atomic mass is 10.1. The third kappa shape index (κ3) is 2.83. The number of hydrogen-bond acceptors (Lipinski definition) is 4. The largest absolute Gasteiger partial charge is 0.511 e. The van der Waals surface area contributed by atoms with Crippen molar-refractivity contribution in [3.8, 4) is 5.75 Å². The molecule has 148 valence electrons. The van der Waals surface area contributed by atoms with E-state index in [0.29, 0.717) is 13.1 Å². The Morgan fingerprint density at radius 1 is 1.14 bits per heavy atom. The van der Waals surface area contributed by atoms with Gasteiger partial charge in [-0.05, 0) is 30.0 Å². The predicted molar refractivity (Wildman–Crippen MR) is 101 cm³/mol. The Balaban J connectivity index is 1.71. The number of aromatic nitrogens is 1. The molecule has 6 nitrogen and oxygen atoms in total. The van der Waals surface area contributed by atoms with Gasteiger partial charge in [0.1, 0.15) is 11.5 Å². The van der Waals surface area contributed by atoms with Gasteiger partial charge in [-0.25, -0.2) is 13.6 Å². The van der Waals surface area contributed by atoms with E-state index < -0.39 is 29.0 Å². The first kappa shape index (κ1) is 17.7. The molecule has 1 fully saturated rings. The Morgan fingerprint density at radius 2 is 1.79 bits per heavy atom. The molecule has 0 unspecified atom stereocenters. The van der Waals surface area contributed by atoms with Crippen LogP contribution in [0.4, 0.5) is 19.3 Å². The molecule has 0 atom stereocenters. The molecule has 1 saturated carbocycles. The molecule has 0 amide bonds. The fraction of sp³-hybridized carbons (Fsp3) is 0.238. The van der Waals surface area contributed by atoms with Crippen molar-refractivity contribution in [3.63, 3.8) is 0 Å². The average Bonchev–Trinajstić information content (AvgIpc) is 3.43. The number of rotatable bonds is 3. The number of nitrogens with zero attached hydrogens (tertiary/aromatic N) is 2. The van der Waals surface area contributed by atoms with Crippen LogP contribution in [0.25, 0.3) is 10.9 Å². The van der Waals surface area contributed by atoms with Gasteiger partial charge in [0.2, 0.25) is 5.43 Å². The maximum Gasteiger partial charge on any atom is 0.511 e. The summed E-state index contributed by atoms with van der Waals surface area (Å²) in [4.78, 5) is 25.1. The topological polar surface area (TPSA) is 71.8 Å². The SMILES string of the molecule is O=C(O)Oc1cn(C2CC2)c2c(F)c(N3Cc4ccccc4C3)c(F)cc2c1=O. The van der Waals surface area contributed by atoms with Gasteiger partial charge in [-0.1, -0.05) is 24.3 Å². The third-order valence-electron chi connectivity index (χ3n) is 5.45. The lowest BCUT2D eigenvalue weighted by Crippen LogP contribution is -2.21. The molecular weight excluding hydrogens is 382 g/mol. The van der Waals surface area contributed by atoms with Crippen LogP contribution in [0.1, 0.15) is 30.0 Å². The molecule has 2 aliphatic rings. The van der Waals surface area contributed by atoms with Crippen molar-refractivity contribution in [3.05, 3.63) is 69.5 Å². The summed E-state index contributed by atoms with van der Waals surface area (Å²) >= 11 is 0. The summed E-state index contributed by atoms with van der Waals surface area (Å²) < 4.78 is 36.7. The van der Waals surface area contributed by atoms with Gasteiger partial charge in [0.25, 0.3) is 0 Å². The highest BCUT2D eigenvalue weighted by atomic mass is 19.1. The smallest absolute Gasteiger partial charge is 0.449 e. The van der Waals surface area contributed by atoms with Crippen molar-refractivity contribution < 1.29 is 23.4 Å². The first-order chi connectivity index (χ1) is 13.9.